The minimum atomic E-state index is -0.194. The topological polar surface area (TPSA) is 80.9 Å². The number of nitrogens with zero attached hydrogens (tertiary/aromatic N) is 2. The molecule has 1 amide bonds. The van der Waals surface area contributed by atoms with Crippen molar-refractivity contribution in [3.05, 3.63) is 10.0 Å². The highest BCUT2D eigenvalue weighted by atomic mass is 32.1. The molecule has 18 heavy (non-hydrogen) atoms. The SMILES string of the molecule is CC(N)C(C)C(=O)NCc1nnc(C(C)(C)C)s1. The first-order valence-corrected chi connectivity index (χ1v) is 6.89. The lowest BCUT2D eigenvalue weighted by Crippen LogP contribution is -2.38. The molecule has 1 aromatic rings. The zero-order valence-corrected chi connectivity index (χ0v) is 12.5. The van der Waals surface area contributed by atoms with Gasteiger partial charge in [-0.3, -0.25) is 4.79 Å². The molecule has 3 N–H and O–H groups in total. The van der Waals surface area contributed by atoms with Crippen molar-refractivity contribution in [3.8, 4) is 0 Å². The number of rotatable bonds is 4. The van der Waals surface area contributed by atoms with E-state index in [1.54, 1.807) is 0 Å². The van der Waals surface area contributed by atoms with Gasteiger partial charge in [0.05, 0.1) is 6.54 Å². The third-order valence-corrected chi connectivity index (χ3v) is 4.07. The van der Waals surface area contributed by atoms with Crippen LogP contribution in [-0.4, -0.2) is 22.1 Å². The first-order chi connectivity index (χ1) is 8.21. The van der Waals surface area contributed by atoms with Gasteiger partial charge in [-0.2, -0.15) is 0 Å². The highest BCUT2D eigenvalue weighted by molar-refractivity contribution is 7.11. The van der Waals surface area contributed by atoms with Crippen LogP contribution in [-0.2, 0) is 16.8 Å². The lowest BCUT2D eigenvalue weighted by Gasteiger charge is -2.14. The van der Waals surface area contributed by atoms with Gasteiger partial charge < -0.3 is 11.1 Å². The molecule has 1 aromatic heterocycles. The molecule has 2 atom stereocenters. The van der Waals surface area contributed by atoms with Crippen LogP contribution in [0.5, 0.6) is 0 Å². The molecule has 0 bridgehead atoms. The second kappa shape index (κ2) is 5.75. The molecule has 2 unspecified atom stereocenters. The van der Waals surface area contributed by atoms with E-state index in [-0.39, 0.29) is 23.3 Å². The van der Waals surface area contributed by atoms with E-state index in [2.05, 4.69) is 36.3 Å². The Morgan fingerprint density at radius 2 is 2.00 bits per heavy atom. The number of aromatic nitrogens is 2. The summed E-state index contributed by atoms with van der Waals surface area (Å²) in [5.41, 5.74) is 5.68. The van der Waals surface area contributed by atoms with Crippen molar-refractivity contribution >= 4 is 17.2 Å². The number of carbonyl (C=O) groups excluding carboxylic acids is 1. The Bertz CT molecular complexity index is 408. The zero-order chi connectivity index (χ0) is 13.9. The number of carbonyl (C=O) groups is 1. The van der Waals surface area contributed by atoms with Gasteiger partial charge in [-0.25, -0.2) is 0 Å². The van der Waals surface area contributed by atoms with Gasteiger partial charge in [0.25, 0.3) is 0 Å². The first-order valence-electron chi connectivity index (χ1n) is 6.08. The van der Waals surface area contributed by atoms with E-state index >= 15 is 0 Å². The van der Waals surface area contributed by atoms with E-state index in [4.69, 9.17) is 5.73 Å². The predicted octanol–water partition coefficient (Wildman–Crippen LogP) is 1.44. The molecule has 0 saturated heterocycles. The van der Waals surface area contributed by atoms with Crippen molar-refractivity contribution < 1.29 is 4.79 Å². The molecular formula is C12H22N4OS. The molecule has 1 heterocycles. The molecule has 0 saturated carbocycles. The average Bonchev–Trinajstić information content (AvgIpc) is 2.72. The second-order valence-electron chi connectivity index (χ2n) is 5.62. The van der Waals surface area contributed by atoms with Gasteiger partial charge in [0, 0.05) is 17.4 Å². The quantitative estimate of drug-likeness (QED) is 0.867. The standard InChI is InChI=1S/C12H22N4OS/c1-7(8(2)13)10(17)14-6-9-15-16-11(18-9)12(3,4)5/h7-8H,6,13H2,1-5H3,(H,14,17). The molecule has 0 fully saturated rings. The zero-order valence-electron chi connectivity index (χ0n) is 11.7. The third-order valence-electron chi connectivity index (χ3n) is 2.72. The van der Waals surface area contributed by atoms with E-state index in [0.29, 0.717) is 6.54 Å². The lowest BCUT2D eigenvalue weighted by atomic mass is 9.98. The molecule has 5 nitrogen and oxygen atoms in total. The van der Waals surface area contributed by atoms with Gasteiger partial charge in [-0.05, 0) is 6.92 Å². The van der Waals surface area contributed by atoms with Crippen LogP contribution in [0.15, 0.2) is 0 Å². The summed E-state index contributed by atoms with van der Waals surface area (Å²) in [6, 6.07) is -0.149. The maximum absolute atomic E-state index is 11.7. The minimum absolute atomic E-state index is 0.00100. The molecule has 0 aromatic carbocycles. The summed E-state index contributed by atoms with van der Waals surface area (Å²) < 4.78 is 0. The van der Waals surface area contributed by atoms with Gasteiger partial charge >= 0.3 is 0 Å². The van der Waals surface area contributed by atoms with Crippen LogP contribution in [0, 0.1) is 5.92 Å². The molecule has 0 aliphatic rings. The lowest BCUT2D eigenvalue weighted by molar-refractivity contribution is -0.125. The Hall–Kier alpha value is -1.01. The van der Waals surface area contributed by atoms with E-state index in [0.717, 1.165) is 10.0 Å². The van der Waals surface area contributed by atoms with E-state index in [9.17, 15) is 4.79 Å². The monoisotopic (exact) mass is 270 g/mol. The molecule has 1 rings (SSSR count). The van der Waals surface area contributed by atoms with Crippen molar-refractivity contribution in [1.29, 1.82) is 0 Å². The van der Waals surface area contributed by atoms with Crippen molar-refractivity contribution in [3.63, 3.8) is 0 Å². The van der Waals surface area contributed by atoms with Gasteiger partial charge in [0.2, 0.25) is 5.91 Å². The summed E-state index contributed by atoms with van der Waals surface area (Å²) in [6.45, 7) is 10.3. The van der Waals surface area contributed by atoms with Gasteiger partial charge in [0.1, 0.15) is 10.0 Å². The van der Waals surface area contributed by atoms with Crippen LogP contribution in [0.25, 0.3) is 0 Å². The Kier molecular flexibility index (Phi) is 4.81. The molecular weight excluding hydrogens is 248 g/mol. The number of hydrogen-bond donors (Lipinski definition) is 2. The van der Waals surface area contributed by atoms with Crippen molar-refractivity contribution in [2.45, 2.75) is 52.6 Å². The second-order valence-corrected chi connectivity index (χ2v) is 6.68. The minimum Gasteiger partial charge on any atom is -0.349 e. The highest BCUT2D eigenvalue weighted by Crippen LogP contribution is 2.25. The van der Waals surface area contributed by atoms with Crippen LogP contribution in [0.3, 0.4) is 0 Å². The molecule has 102 valence electrons. The van der Waals surface area contributed by atoms with Gasteiger partial charge in [-0.1, -0.05) is 39.0 Å². The van der Waals surface area contributed by atoms with Gasteiger partial charge in [0.15, 0.2) is 0 Å². The fourth-order valence-electron chi connectivity index (χ4n) is 1.19. The predicted molar refractivity (Wildman–Crippen MR) is 73.3 cm³/mol. The van der Waals surface area contributed by atoms with Crippen LogP contribution < -0.4 is 11.1 Å². The van der Waals surface area contributed by atoms with Crippen LogP contribution >= 0.6 is 11.3 Å². The van der Waals surface area contributed by atoms with Crippen molar-refractivity contribution in [1.82, 2.24) is 15.5 Å². The molecule has 0 aliphatic heterocycles. The number of nitrogens with one attached hydrogen (secondary N) is 1. The average molecular weight is 270 g/mol. The third kappa shape index (κ3) is 4.03. The number of nitrogens with two attached hydrogens (primary N) is 1. The van der Waals surface area contributed by atoms with Crippen LogP contribution in [0.1, 0.15) is 44.6 Å². The summed E-state index contributed by atoms with van der Waals surface area (Å²) in [5, 5.41) is 12.9. The molecule has 0 radical (unpaired) electrons. The number of hydrogen-bond acceptors (Lipinski definition) is 5. The van der Waals surface area contributed by atoms with E-state index < -0.39 is 0 Å². The molecule has 0 spiro atoms. The summed E-state index contributed by atoms with van der Waals surface area (Å²) >= 11 is 1.53. The van der Waals surface area contributed by atoms with Crippen LogP contribution in [0.2, 0.25) is 0 Å². The van der Waals surface area contributed by atoms with Gasteiger partial charge in [-0.15, -0.1) is 10.2 Å². The smallest absolute Gasteiger partial charge is 0.224 e. The van der Waals surface area contributed by atoms with Crippen LogP contribution in [0.4, 0.5) is 0 Å². The maximum Gasteiger partial charge on any atom is 0.224 e. The van der Waals surface area contributed by atoms with E-state index in [1.807, 2.05) is 13.8 Å². The van der Waals surface area contributed by atoms with E-state index in [1.165, 1.54) is 11.3 Å². The summed E-state index contributed by atoms with van der Waals surface area (Å²) in [7, 11) is 0. The Morgan fingerprint density at radius 1 is 1.39 bits per heavy atom. The Labute approximate surface area is 112 Å². The first kappa shape index (κ1) is 15.0. The Morgan fingerprint density at radius 3 is 2.44 bits per heavy atom. The number of amides is 1. The maximum atomic E-state index is 11.7. The van der Waals surface area contributed by atoms with Crippen molar-refractivity contribution in [2.75, 3.05) is 0 Å². The fraction of sp³-hybridized carbons (Fsp3) is 0.750. The Balaban J connectivity index is 2.55. The largest absolute Gasteiger partial charge is 0.349 e. The molecule has 6 heteroatoms. The summed E-state index contributed by atoms with van der Waals surface area (Å²) in [4.78, 5) is 11.7. The summed E-state index contributed by atoms with van der Waals surface area (Å²) in [5.74, 6) is -0.238. The van der Waals surface area contributed by atoms with Crippen molar-refractivity contribution in [2.24, 2.45) is 11.7 Å². The molecule has 0 aliphatic carbocycles. The normalized spacial score (nSPS) is 15.2. The summed E-state index contributed by atoms with van der Waals surface area (Å²) in [6.07, 6.45) is 0. The fourth-order valence-corrected chi connectivity index (χ4v) is 2.03. The highest BCUT2D eigenvalue weighted by Gasteiger charge is 2.20.